The molecule has 244 valence electrons. The normalized spacial score (nSPS) is 19.7. The number of aryl methyl sites for hydroxylation is 2. The van der Waals surface area contributed by atoms with Crippen molar-refractivity contribution >= 4 is 18.1 Å². The number of hydrogen-bond donors (Lipinski definition) is 1. The molecule has 0 aliphatic heterocycles. The van der Waals surface area contributed by atoms with Crippen LogP contribution in [0.2, 0.25) is 0 Å². The van der Waals surface area contributed by atoms with Gasteiger partial charge in [-0.05, 0) is 54.8 Å². The molecule has 0 radical (unpaired) electrons. The number of nitrogens with one attached hydrogen (secondary N) is 1. The van der Waals surface area contributed by atoms with E-state index in [9.17, 15) is 14.4 Å². The van der Waals surface area contributed by atoms with E-state index in [-0.39, 0.29) is 27.7 Å². The second-order valence-corrected chi connectivity index (χ2v) is 16.1. The molecule has 0 heterocycles. The van der Waals surface area contributed by atoms with Gasteiger partial charge in [-0.15, -0.1) is 0 Å². The number of aliphatic imine (C=N–C) groups is 1. The number of hydrogen-bond acceptors (Lipinski definition) is 6. The Kier molecular flexibility index (Phi) is 10.6. The Balaban J connectivity index is 2.08. The third-order valence-corrected chi connectivity index (χ3v) is 8.47. The zero-order valence-corrected chi connectivity index (χ0v) is 29.2. The van der Waals surface area contributed by atoms with E-state index in [2.05, 4.69) is 91.3 Å². The third-order valence-electron chi connectivity index (χ3n) is 8.47. The van der Waals surface area contributed by atoms with Crippen LogP contribution in [0.4, 0.5) is 4.79 Å². The number of ether oxygens (including phenoxy) is 2. The highest BCUT2D eigenvalue weighted by molar-refractivity contribution is 5.84. The van der Waals surface area contributed by atoms with Crippen molar-refractivity contribution in [3.8, 4) is 11.5 Å². The van der Waals surface area contributed by atoms with E-state index in [0.717, 1.165) is 46.2 Å². The summed E-state index contributed by atoms with van der Waals surface area (Å²) in [6.45, 7) is 27.0. The monoisotopic (exact) mass is 616 g/mol. The Morgan fingerprint density at radius 3 is 1.91 bits per heavy atom. The minimum atomic E-state index is -0.526. The fourth-order valence-corrected chi connectivity index (χ4v) is 7.03. The molecule has 0 bridgehead atoms. The molecule has 0 spiro atoms. The van der Waals surface area contributed by atoms with Crippen LogP contribution < -0.4 is 14.8 Å². The van der Waals surface area contributed by atoms with Crippen molar-refractivity contribution in [3.63, 3.8) is 0 Å². The van der Waals surface area contributed by atoms with Gasteiger partial charge >= 0.3 is 12.1 Å². The molecule has 7 nitrogen and oxygen atoms in total. The first-order chi connectivity index (χ1) is 20.7. The van der Waals surface area contributed by atoms with Crippen LogP contribution in [0, 0.1) is 24.7 Å². The highest BCUT2D eigenvalue weighted by atomic mass is 16.6. The molecule has 7 heteroatoms. The van der Waals surface area contributed by atoms with Crippen LogP contribution in [0.1, 0.15) is 115 Å². The number of carbonyl (C=O) groups is 2. The maximum Gasteiger partial charge on any atom is 0.412 e. The summed E-state index contributed by atoms with van der Waals surface area (Å²) in [7, 11) is 0. The van der Waals surface area contributed by atoms with Gasteiger partial charge in [0.2, 0.25) is 6.08 Å². The van der Waals surface area contributed by atoms with Crippen molar-refractivity contribution in [1.29, 1.82) is 0 Å². The van der Waals surface area contributed by atoms with Crippen LogP contribution in [0.25, 0.3) is 0 Å². The minimum absolute atomic E-state index is 0.0514. The standard InChI is InChI=1S/C38H52N2O5/c1-13-31(42)44-32-26(14-24(2)16-29(32)35(4,5)6)18-27-15-25(3)17-30(36(7,8)9)33(27)45-34(43)40-28-19-37(10,11)21-38(12,20-28)22-39-23-41/h13-17,28H,1,18-22H2,2-12H3,(H,40,43). The molecule has 1 aliphatic carbocycles. The van der Waals surface area contributed by atoms with E-state index >= 15 is 0 Å². The van der Waals surface area contributed by atoms with Gasteiger partial charge in [0.05, 0.1) is 6.54 Å². The molecule has 1 aliphatic rings. The van der Waals surface area contributed by atoms with Gasteiger partial charge in [0.1, 0.15) is 11.5 Å². The quantitative estimate of drug-likeness (QED) is 0.105. The summed E-state index contributed by atoms with van der Waals surface area (Å²) in [5, 5.41) is 3.14. The number of esters is 1. The largest absolute Gasteiger partial charge is 0.423 e. The predicted molar refractivity (Wildman–Crippen MR) is 180 cm³/mol. The van der Waals surface area contributed by atoms with E-state index in [1.807, 2.05) is 26.0 Å². The van der Waals surface area contributed by atoms with Gasteiger partial charge in [-0.1, -0.05) is 104 Å². The molecule has 3 rings (SSSR count). The number of rotatable bonds is 8. The molecule has 45 heavy (non-hydrogen) atoms. The molecule has 0 saturated heterocycles. The maximum atomic E-state index is 13.7. The average molecular weight is 617 g/mol. The second-order valence-electron chi connectivity index (χ2n) is 16.1. The van der Waals surface area contributed by atoms with Gasteiger partial charge in [-0.25, -0.2) is 19.4 Å². The lowest BCUT2D eigenvalue weighted by atomic mass is 9.62. The summed E-state index contributed by atoms with van der Waals surface area (Å²) in [5.41, 5.74) is 4.65. The van der Waals surface area contributed by atoms with Crippen LogP contribution in [-0.2, 0) is 26.8 Å². The Morgan fingerprint density at radius 1 is 0.933 bits per heavy atom. The molecule has 1 N–H and O–H groups in total. The molecule has 0 aromatic heterocycles. The lowest BCUT2D eigenvalue weighted by molar-refractivity contribution is -0.129. The van der Waals surface area contributed by atoms with E-state index in [1.165, 1.54) is 6.08 Å². The predicted octanol–water partition coefficient (Wildman–Crippen LogP) is 8.59. The Labute approximate surface area is 269 Å². The molecule has 2 atom stereocenters. The summed E-state index contributed by atoms with van der Waals surface area (Å²) in [6.07, 6.45) is 5.06. The SMILES string of the molecule is C=CC(=O)Oc1c(Cc2cc(C)cc(C(C)(C)C)c2OC(=O)NC2CC(C)(C)CC(C)(CN=C=O)C2)cc(C)cc1C(C)(C)C. The van der Waals surface area contributed by atoms with Gasteiger partial charge in [0.15, 0.2) is 0 Å². The lowest BCUT2D eigenvalue weighted by Crippen LogP contribution is -2.48. The van der Waals surface area contributed by atoms with Crippen molar-refractivity contribution in [2.75, 3.05) is 6.54 Å². The lowest BCUT2D eigenvalue weighted by Gasteiger charge is -2.45. The Hall–Kier alpha value is -3.70. The zero-order chi connectivity index (χ0) is 34.0. The Morgan fingerprint density at radius 2 is 1.44 bits per heavy atom. The van der Waals surface area contributed by atoms with E-state index < -0.39 is 12.1 Å². The van der Waals surface area contributed by atoms with Crippen LogP contribution in [0.5, 0.6) is 11.5 Å². The number of amides is 1. The summed E-state index contributed by atoms with van der Waals surface area (Å²) < 4.78 is 12.1. The number of carbonyl (C=O) groups excluding carboxylic acids is 3. The van der Waals surface area contributed by atoms with E-state index in [0.29, 0.717) is 30.9 Å². The molecule has 1 amide bonds. The van der Waals surface area contributed by atoms with Gasteiger partial charge < -0.3 is 14.8 Å². The fraction of sp³-hybridized carbons (Fsp3) is 0.553. The van der Waals surface area contributed by atoms with Gasteiger partial charge in [-0.2, -0.15) is 0 Å². The average Bonchev–Trinajstić information content (AvgIpc) is 2.87. The highest BCUT2D eigenvalue weighted by Crippen LogP contribution is 2.46. The minimum Gasteiger partial charge on any atom is -0.423 e. The first-order valence-electron chi connectivity index (χ1n) is 15.8. The zero-order valence-electron chi connectivity index (χ0n) is 29.2. The molecular formula is C38H52N2O5. The molecule has 1 fully saturated rings. The summed E-state index contributed by atoms with van der Waals surface area (Å²) >= 11 is 0. The number of benzene rings is 2. The fourth-order valence-electron chi connectivity index (χ4n) is 7.03. The van der Waals surface area contributed by atoms with Crippen molar-refractivity contribution in [1.82, 2.24) is 5.32 Å². The van der Waals surface area contributed by atoms with Crippen molar-refractivity contribution in [3.05, 3.63) is 70.3 Å². The van der Waals surface area contributed by atoms with Gasteiger partial charge in [0.25, 0.3) is 0 Å². The third kappa shape index (κ3) is 9.40. The van der Waals surface area contributed by atoms with Crippen molar-refractivity contribution < 1.29 is 23.9 Å². The van der Waals surface area contributed by atoms with Crippen LogP contribution in [0.3, 0.4) is 0 Å². The highest BCUT2D eigenvalue weighted by Gasteiger charge is 2.42. The van der Waals surface area contributed by atoms with Crippen LogP contribution in [0.15, 0.2) is 41.9 Å². The molecule has 2 aromatic rings. The number of isocyanates is 1. The number of nitrogens with zero attached hydrogens (tertiary/aromatic N) is 1. The van der Waals surface area contributed by atoms with E-state index in [4.69, 9.17) is 9.47 Å². The molecule has 2 aromatic carbocycles. The van der Waals surface area contributed by atoms with Gasteiger partial charge in [0, 0.05) is 40.8 Å². The summed E-state index contributed by atoms with van der Waals surface area (Å²) in [5.74, 6) is 0.491. The van der Waals surface area contributed by atoms with Crippen molar-refractivity contribution in [2.24, 2.45) is 15.8 Å². The van der Waals surface area contributed by atoms with E-state index in [1.54, 1.807) is 6.08 Å². The Bertz CT molecular complexity index is 1500. The van der Waals surface area contributed by atoms with Crippen molar-refractivity contribution in [2.45, 2.75) is 119 Å². The van der Waals surface area contributed by atoms with Crippen LogP contribution >= 0.6 is 0 Å². The maximum absolute atomic E-state index is 13.7. The van der Waals surface area contributed by atoms with Gasteiger partial charge in [-0.3, -0.25) is 0 Å². The molecular weight excluding hydrogens is 564 g/mol. The summed E-state index contributed by atoms with van der Waals surface area (Å²) in [6, 6.07) is 8.04. The second kappa shape index (κ2) is 13.3. The van der Waals surface area contributed by atoms with Crippen LogP contribution in [-0.4, -0.2) is 30.7 Å². The smallest absolute Gasteiger partial charge is 0.412 e. The first-order valence-corrected chi connectivity index (χ1v) is 15.8. The molecule has 2 unspecified atom stereocenters. The summed E-state index contributed by atoms with van der Waals surface area (Å²) in [4.78, 5) is 40.9. The topological polar surface area (TPSA) is 94.1 Å². The molecule has 1 saturated carbocycles. The first kappa shape index (κ1) is 35.8.